The molecular weight excluding hydrogens is 262 g/mol. The van der Waals surface area contributed by atoms with Gasteiger partial charge >= 0.3 is 0 Å². The van der Waals surface area contributed by atoms with Gasteiger partial charge in [0.15, 0.2) is 0 Å². The summed E-state index contributed by atoms with van der Waals surface area (Å²) in [6.07, 6.45) is 10.7. The highest BCUT2D eigenvalue weighted by Crippen LogP contribution is 2.26. The SMILES string of the molecule is CCCNc1nc(CC2CCCO2)nc2c1CCCCC2. The lowest BCUT2D eigenvalue weighted by Crippen LogP contribution is -2.16. The standard InChI is InChI=1S/C17H27N3O/c1-2-10-18-17-14-8-4-3-5-9-15(14)19-16(20-17)12-13-7-6-11-21-13/h13H,2-12H2,1H3,(H,18,19,20). The zero-order chi connectivity index (χ0) is 14.5. The second kappa shape index (κ2) is 7.21. The molecule has 4 nitrogen and oxygen atoms in total. The van der Waals surface area contributed by atoms with Crippen molar-refractivity contribution >= 4 is 5.82 Å². The van der Waals surface area contributed by atoms with Gasteiger partial charge in [0.05, 0.1) is 6.10 Å². The van der Waals surface area contributed by atoms with Crippen molar-refractivity contribution in [3.05, 3.63) is 17.1 Å². The van der Waals surface area contributed by atoms with Gasteiger partial charge in [-0.1, -0.05) is 13.3 Å². The summed E-state index contributed by atoms with van der Waals surface area (Å²) >= 11 is 0. The fraction of sp³-hybridized carbons (Fsp3) is 0.765. The van der Waals surface area contributed by atoms with Crippen LogP contribution in [0.3, 0.4) is 0 Å². The zero-order valence-corrected chi connectivity index (χ0v) is 13.2. The van der Waals surface area contributed by atoms with Gasteiger partial charge in [-0.3, -0.25) is 0 Å². The largest absolute Gasteiger partial charge is 0.378 e. The summed E-state index contributed by atoms with van der Waals surface area (Å²) in [5.74, 6) is 2.07. The van der Waals surface area contributed by atoms with E-state index in [-0.39, 0.29) is 0 Å². The van der Waals surface area contributed by atoms with Crippen molar-refractivity contribution in [3.8, 4) is 0 Å². The van der Waals surface area contributed by atoms with Gasteiger partial charge in [0.2, 0.25) is 0 Å². The minimum absolute atomic E-state index is 0.327. The molecule has 1 aliphatic carbocycles. The summed E-state index contributed by atoms with van der Waals surface area (Å²) < 4.78 is 5.75. The highest BCUT2D eigenvalue weighted by atomic mass is 16.5. The minimum atomic E-state index is 0.327. The van der Waals surface area contributed by atoms with E-state index in [1.54, 1.807) is 0 Å². The van der Waals surface area contributed by atoms with Crippen molar-refractivity contribution in [3.63, 3.8) is 0 Å². The first-order chi connectivity index (χ1) is 10.4. The maximum Gasteiger partial charge on any atom is 0.133 e. The summed E-state index contributed by atoms with van der Waals surface area (Å²) in [5, 5.41) is 3.52. The summed E-state index contributed by atoms with van der Waals surface area (Å²) in [6, 6.07) is 0. The Labute approximate surface area is 127 Å². The highest BCUT2D eigenvalue weighted by Gasteiger charge is 2.21. The van der Waals surface area contributed by atoms with E-state index >= 15 is 0 Å². The molecule has 4 heteroatoms. The zero-order valence-electron chi connectivity index (χ0n) is 13.2. The number of fused-ring (bicyclic) bond motifs is 1. The predicted octanol–water partition coefficient (Wildman–Crippen LogP) is 3.29. The van der Waals surface area contributed by atoms with Crippen LogP contribution in [0.5, 0.6) is 0 Å². The summed E-state index contributed by atoms with van der Waals surface area (Å²) in [6.45, 7) is 4.08. The molecule has 0 radical (unpaired) electrons. The van der Waals surface area contributed by atoms with Crippen LogP contribution in [0.1, 0.15) is 62.5 Å². The lowest BCUT2D eigenvalue weighted by Gasteiger charge is -2.16. The number of ether oxygens (including phenoxy) is 1. The molecule has 3 rings (SSSR count). The molecule has 116 valence electrons. The Balaban J connectivity index is 1.84. The van der Waals surface area contributed by atoms with Crippen LogP contribution in [0.4, 0.5) is 5.82 Å². The molecule has 1 saturated heterocycles. The first-order valence-electron chi connectivity index (χ1n) is 8.61. The Morgan fingerprint density at radius 1 is 1.14 bits per heavy atom. The van der Waals surface area contributed by atoms with Crippen molar-refractivity contribution in [2.45, 2.75) is 70.8 Å². The minimum Gasteiger partial charge on any atom is -0.378 e. The summed E-state index contributed by atoms with van der Waals surface area (Å²) in [4.78, 5) is 9.70. The molecule has 21 heavy (non-hydrogen) atoms. The quantitative estimate of drug-likeness (QED) is 0.845. The molecule has 1 N–H and O–H groups in total. The maximum atomic E-state index is 5.75. The van der Waals surface area contributed by atoms with Gasteiger partial charge in [-0.2, -0.15) is 0 Å². The lowest BCUT2D eigenvalue weighted by molar-refractivity contribution is 0.110. The topological polar surface area (TPSA) is 47.0 Å². The van der Waals surface area contributed by atoms with Crippen LogP contribution < -0.4 is 5.32 Å². The maximum absolute atomic E-state index is 5.75. The van der Waals surface area contributed by atoms with Gasteiger partial charge in [-0.25, -0.2) is 9.97 Å². The molecule has 1 aromatic heterocycles. The fourth-order valence-electron chi connectivity index (χ4n) is 3.31. The normalized spacial score (nSPS) is 21.9. The fourth-order valence-corrected chi connectivity index (χ4v) is 3.31. The van der Waals surface area contributed by atoms with Gasteiger partial charge in [0, 0.05) is 30.8 Å². The second-order valence-corrected chi connectivity index (χ2v) is 6.24. The molecular formula is C17H27N3O. The molecule has 0 saturated carbocycles. The van der Waals surface area contributed by atoms with Crippen LogP contribution >= 0.6 is 0 Å². The predicted molar refractivity (Wildman–Crippen MR) is 84.7 cm³/mol. The summed E-state index contributed by atoms with van der Waals surface area (Å²) in [7, 11) is 0. The third-order valence-corrected chi connectivity index (χ3v) is 4.46. The molecule has 0 amide bonds. The smallest absolute Gasteiger partial charge is 0.133 e. The Bertz CT molecular complexity index is 469. The van der Waals surface area contributed by atoms with E-state index in [2.05, 4.69) is 12.2 Å². The number of aromatic nitrogens is 2. The van der Waals surface area contributed by atoms with E-state index in [0.717, 1.165) is 56.9 Å². The number of rotatable bonds is 5. The molecule has 1 fully saturated rings. The van der Waals surface area contributed by atoms with Crippen molar-refractivity contribution < 1.29 is 4.74 Å². The van der Waals surface area contributed by atoms with Gasteiger partial charge < -0.3 is 10.1 Å². The van der Waals surface area contributed by atoms with E-state index in [1.165, 1.54) is 36.9 Å². The van der Waals surface area contributed by atoms with E-state index in [0.29, 0.717) is 6.10 Å². The molecule has 1 aliphatic heterocycles. The average Bonchev–Trinajstić information content (AvgIpc) is 2.88. The van der Waals surface area contributed by atoms with E-state index in [1.807, 2.05) is 0 Å². The number of nitrogens with zero attached hydrogens (tertiary/aromatic N) is 2. The number of nitrogens with one attached hydrogen (secondary N) is 1. The first kappa shape index (κ1) is 14.8. The number of hydrogen-bond acceptors (Lipinski definition) is 4. The van der Waals surface area contributed by atoms with Gasteiger partial charge in [0.1, 0.15) is 11.6 Å². The Morgan fingerprint density at radius 2 is 2.05 bits per heavy atom. The molecule has 0 spiro atoms. The van der Waals surface area contributed by atoms with Gasteiger partial charge in [0.25, 0.3) is 0 Å². The van der Waals surface area contributed by atoms with E-state index in [4.69, 9.17) is 14.7 Å². The van der Waals surface area contributed by atoms with Gasteiger partial charge in [-0.15, -0.1) is 0 Å². The van der Waals surface area contributed by atoms with Crippen LogP contribution in [0.25, 0.3) is 0 Å². The molecule has 1 atom stereocenters. The average molecular weight is 289 g/mol. The lowest BCUT2D eigenvalue weighted by atomic mass is 10.1. The van der Waals surface area contributed by atoms with Crippen LogP contribution in [0.15, 0.2) is 0 Å². The van der Waals surface area contributed by atoms with Crippen molar-refractivity contribution in [2.75, 3.05) is 18.5 Å². The van der Waals surface area contributed by atoms with Crippen molar-refractivity contribution in [1.29, 1.82) is 0 Å². The summed E-state index contributed by atoms with van der Waals surface area (Å²) in [5.41, 5.74) is 2.66. The number of hydrogen-bond donors (Lipinski definition) is 1. The highest BCUT2D eigenvalue weighted by molar-refractivity contribution is 5.47. The molecule has 1 unspecified atom stereocenters. The Hall–Kier alpha value is -1.16. The third-order valence-electron chi connectivity index (χ3n) is 4.46. The number of aryl methyl sites for hydroxylation is 1. The monoisotopic (exact) mass is 289 g/mol. The Morgan fingerprint density at radius 3 is 2.86 bits per heavy atom. The molecule has 2 heterocycles. The molecule has 0 bridgehead atoms. The van der Waals surface area contributed by atoms with Crippen molar-refractivity contribution in [2.24, 2.45) is 0 Å². The van der Waals surface area contributed by atoms with E-state index < -0.39 is 0 Å². The van der Waals surface area contributed by atoms with E-state index in [9.17, 15) is 0 Å². The number of anilines is 1. The van der Waals surface area contributed by atoms with Crippen LogP contribution in [-0.4, -0.2) is 29.2 Å². The first-order valence-corrected chi connectivity index (χ1v) is 8.61. The van der Waals surface area contributed by atoms with Gasteiger partial charge in [-0.05, 0) is 44.9 Å². The molecule has 2 aliphatic rings. The van der Waals surface area contributed by atoms with Crippen LogP contribution in [0.2, 0.25) is 0 Å². The molecule has 1 aromatic rings. The molecule has 0 aromatic carbocycles. The van der Waals surface area contributed by atoms with Crippen LogP contribution in [-0.2, 0) is 24.0 Å². The Kier molecular flexibility index (Phi) is 5.07. The van der Waals surface area contributed by atoms with Crippen LogP contribution in [0, 0.1) is 0 Å². The second-order valence-electron chi connectivity index (χ2n) is 6.24. The van der Waals surface area contributed by atoms with Crippen molar-refractivity contribution in [1.82, 2.24) is 9.97 Å². The third kappa shape index (κ3) is 3.73.